The average molecular weight is 273 g/mol. The van der Waals surface area contributed by atoms with Gasteiger partial charge in [0, 0.05) is 0 Å². The molecule has 1 heterocycles. The van der Waals surface area contributed by atoms with Crippen LogP contribution in [0.15, 0.2) is 35.6 Å². The Morgan fingerprint density at radius 3 is 2.20 bits per heavy atom. The van der Waals surface area contributed by atoms with Crippen LogP contribution in [0.2, 0.25) is 0 Å². The predicted octanol–water partition coefficient (Wildman–Crippen LogP) is 2.56. The summed E-state index contributed by atoms with van der Waals surface area (Å²) in [4.78, 5) is 23.1. The van der Waals surface area contributed by atoms with Crippen molar-refractivity contribution >= 4 is 11.7 Å². The number of Topliss-reactive ketones (excluding diaryl/α,β-unsaturated/α-hetero) is 1. The van der Waals surface area contributed by atoms with Crippen molar-refractivity contribution in [1.82, 2.24) is 5.32 Å². The maximum atomic E-state index is 11.6. The summed E-state index contributed by atoms with van der Waals surface area (Å²) in [5, 5.41) is 12.3. The summed E-state index contributed by atoms with van der Waals surface area (Å²) in [5.41, 5.74) is 2.14. The average Bonchev–Trinajstić information content (AvgIpc) is 2.65. The zero-order valence-corrected chi connectivity index (χ0v) is 12.2. The number of ketones is 1. The van der Waals surface area contributed by atoms with Gasteiger partial charge in [0.05, 0.1) is 11.6 Å². The Labute approximate surface area is 118 Å². The Balaban J connectivity index is 2.38. The van der Waals surface area contributed by atoms with Gasteiger partial charge >= 0.3 is 0 Å². The largest absolute Gasteiger partial charge is 0.503 e. The monoisotopic (exact) mass is 273 g/mol. The van der Waals surface area contributed by atoms with Gasteiger partial charge in [-0.25, -0.2) is 0 Å². The minimum atomic E-state index is -0.597. The molecule has 2 rings (SSSR count). The van der Waals surface area contributed by atoms with Gasteiger partial charge in [-0.1, -0.05) is 45.0 Å². The Hall–Kier alpha value is -2.10. The number of amides is 1. The Bertz CT molecular complexity index is 591. The molecule has 0 fully saturated rings. The molecule has 4 heteroatoms. The van der Waals surface area contributed by atoms with Gasteiger partial charge in [-0.15, -0.1) is 0 Å². The maximum Gasteiger partial charge on any atom is 0.287 e. The lowest BCUT2D eigenvalue weighted by molar-refractivity contribution is -0.119. The van der Waals surface area contributed by atoms with Crippen LogP contribution in [0.1, 0.15) is 44.9 Å². The van der Waals surface area contributed by atoms with Crippen molar-refractivity contribution in [2.75, 3.05) is 0 Å². The number of hydrogen-bond acceptors (Lipinski definition) is 3. The zero-order valence-electron chi connectivity index (χ0n) is 12.2. The fourth-order valence-electron chi connectivity index (χ4n) is 2.33. The van der Waals surface area contributed by atoms with Crippen LogP contribution < -0.4 is 5.32 Å². The number of nitrogens with one attached hydrogen (secondary N) is 1. The lowest BCUT2D eigenvalue weighted by Gasteiger charge is -2.20. The molecule has 4 nitrogen and oxygen atoms in total. The van der Waals surface area contributed by atoms with Crippen molar-refractivity contribution in [2.24, 2.45) is 0 Å². The highest BCUT2D eigenvalue weighted by atomic mass is 16.3. The van der Waals surface area contributed by atoms with E-state index in [1.165, 1.54) is 12.5 Å². The van der Waals surface area contributed by atoms with E-state index < -0.39 is 17.7 Å². The van der Waals surface area contributed by atoms with Crippen LogP contribution in [0.4, 0.5) is 0 Å². The quantitative estimate of drug-likeness (QED) is 0.870. The number of carbonyl (C=O) groups excluding carboxylic acids is 2. The molecule has 0 aromatic heterocycles. The number of benzene rings is 1. The molecule has 0 saturated heterocycles. The fraction of sp³-hybridized carbons (Fsp3) is 0.375. The number of aliphatic hydroxyl groups excluding tert-OH is 1. The van der Waals surface area contributed by atoms with Crippen molar-refractivity contribution < 1.29 is 14.7 Å². The first-order valence-electron chi connectivity index (χ1n) is 6.57. The third kappa shape index (κ3) is 2.46. The molecular weight excluding hydrogens is 254 g/mol. The molecule has 106 valence electrons. The molecule has 1 aromatic carbocycles. The summed E-state index contributed by atoms with van der Waals surface area (Å²) < 4.78 is 0. The van der Waals surface area contributed by atoms with E-state index in [0.29, 0.717) is 0 Å². The van der Waals surface area contributed by atoms with Crippen LogP contribution in [-0.4, -0.2) is 16.8 Å². The van der Waals surface area contributed by atoms with Gasteiger partial charge in [0.2, 0.25) is 0 Å². The van der Waals surface area contributed by atoms with Crippen LogP contribution in [-0.2, 0) is 15.0 Å². The van der Waals surface area contributed by atoms with E-state index in [2.05, 4.69) is 26.1 Å². The summed E-state index contributed by atoms with van der Waals surface area (Å²) in [6.07, 6.45) is 0. The molecule has 0 aliphatic carbocycles. The van der Waals surface area contributed by atoms with Crippen LogP contribution in [0.5, 0.6) is 0 Å². The minimum absolute atomic E-state index is 0.0405. The van der Waals surface area contributed by atoms with E-state index in [4.69, 9.17) is 0 Å². The van der Waals surface area contributed by atoms with Gasteiger partial charge in [0.1, 0.15) is 0 Å². The first kappa shape index (κ1) is 14.3. The summed E-state index contributed by atoms with van der Waals surface area (Å²) in [7, 11) is 0. The Kier molecular flexibility index (Phi) is 3.42. The van der Waals surface area contributed by atoms with Crippen LogP contribution in [0, 0.1) is 0 Å². The standard InChI is InChI=1S/C16H19NO3/c1-9(18)12-13(17-15(20)14(12)19)10-5-7-11(8-6-10)16(2,3)4/h5-8,13,19H,1-4H3,(H,17,20)/t13-/m0/s1. The van der Waals surface area contributed by atoms with Crippen molar-refractivity contribution in [3.05, 3.63) is 46.7 Å². The molecule has 20 heavy (non-hydrogen) atoms. The second kappa shape index (κ2) is 4.78. The van der Waals surface area contributed by atoms with Crippen LogP contribution >= 0.6 is 0 Å². The minimum Gasteiger partial charge on any atom is -0.503 e. The molecule has 0 radical (unpaired) electrons. The summed E-state index contributed by atoms with van der Waals surface area (Å²) in [6.45, 7) is 7.70. The van der Waals surface area contributed by atoms with E-state index in [-0.39, 0.29) is 16.8 Å². The molecule has 2 N–H and O–H groups in total. The van der Waals surface area contributed by atoms with Crippen molar-refractivity contribution in [1.29, 1.82) is 0 Å². The summed E-state index contributed by atoms with van der Waals surface area (Å²) in [5.74, 6) is -1.37. The molecular formula is C16H19NO3. The van der Waals surface area contributed by atoms with Crippen LogP contribution in [0.3, 0.4) is 0 Å². The lowest BCUT2D eigenvalue weighted by Crippen LogP contribution is -2.23. The summed E-state index contributed by atoms with van der Waals surface area (Å²) >= 11 is 0. The number of carbonyl (C=O) groups is 2. The van der Waals surface area contributed by atoms with Crippen molar-refractivity contribution in [3.8, 4) is 0 Å². The second-order valence-corrected chi connectivity index (χ2v) is 6.10. The van der Waals surface area contributed by atoms with E-state index in [1.807, 2.05) is 24.3 Å². The van der Waals surface area contributed by atoms with Gasteiger partial charge in [0.25, 0.3) is 5.91 Å². The normalized spacial score (nSPS) is 19.2. The fourth-order valence-corrected chi connectivity index (χ4v) is 2.33. The van der Waals surface area contributed by atoms with Crippen molar-refractivity contribution in [2.45, 2.75) is 39.2 Å². The van der Waals surface area contributed by atoms with Gasteiger partial charge < -0.3 is 10.4 Å². The van der Waals surface area contributed by atoms with E-state index >= 15 is 0 Å². The van der Waals surface area contributed by atoms with Gasteiger partial charge in [-0.2, -0.15) is 0 Å². The molecule has 1 amide bonds. The highest BCUT2D eigenvalue weighted by Gasteiger charge is 2.35. The molecule has 0 spiro atoms. The predicted molar refractivity (Wildman–Crippen MR) is 76.4 cm³/mol. The third-order valence-electron chi connectivity index (χ3n) is 3.52. The second-order valence-electron chi connectivity index (χ2n) is 6.10. The molecule has 0 bridgehead atoms. The Morgan fingerprint density at radius 2 is 1.75 bits per heavy atom. The number of rotatable bonds is 2. The lowest BCUT2D eigenvalue weighted by atomic mass is 9.85. The molecule has 1 aromatic rings. The third-order valence-corrected chi connectivity index (χ3v) is 3.52. The number of hydrogen-bond donors (Lipinski definition) is 2. The van der Waals surface area contributed by atoms with E-state index in [1.54, 1.807) is 0 Å². The highest BCUT2D eigenvalue weighted by molar-refractivity contribution is 6.08. The molecule has 0 saturated carbocycles. The molecule has 1 aliphatic heterocycles. The van der Waals surface area contributed by atoms with E-state index in [0.717, 1.165) is 5.56 Å². The van der Waals surface area contributed by atoms with Crippen LogP contribution in [0.25, 0.3) is 0 Å². The Morgan fingerprint density at radius 1 is 1.20 bits per heavy atom. The van der Waals surface area contributed by atoms with E-state index in [9.17, 15) is 14.7 Å². The number of aliphatic hydroxyl groups is 1. The zero-order chi connectivity index (χ0) is 15.1. The molecule has 0 unspecified atom stereocenters. The topological polar surface area (TPSA) is 66.4 Å². The molecule has 1 aliphatic rings. The summed E-state index contributed by atoms with van der Waals surface area (Å²) in [6, 6.07) is 7.16. The smallest absolute Gasteiger partial charge is 0.287 e. The van der Waals surface area contributed by atoms with Crippen molar-refractivity contribution in [3.63, 3.8) is 0 Å². The maximum absolute atomic E-state index is 11.6. The first-order valence-corrected chi connectivity index (χ1v) is 6.57. The van der Waals surface area contributed by atoms with Gasteiger partial charge in [0.15, 0.2) is 11.5 Å². The van der Waals surface area contributed by atoms with Gasteiger partial charge in [-0.05, 0) is 23.5 Å². The highest BCUT2D eigenvalue weighted by Crippen LogP contribution is 2.31. The SMILES string of the molecule is CC(=O)C1=C(O)C(=O)N[C@H]1c1ccc(C(C)(C)C)cc1. The first-order chi connectivity index (χ1) is 9.21. The molecule has 1 atom stereocenters. The van der Waals surface area contributed by atoms with Gasteiger partial charge in [-0.3, -0.25) is 9.59 Å².